The Morgan fingerprint density at radius 2 is 2.17 bits per heavy atom. The monoisotopic (exact) mass is 170 g/mol. The van der Waals surface area contributed by atoms with Crippen molar-refractivity contribution in [3.8, 4) is 0 Å². The maximum absolute atomic E-state index is 5.69. The second kappa shape index (κ2) is 4.24. The fraction of sp³-hybridized carbons (Fsp3) is 1.00. The molecular weight excluding hydrogens is 148 g/mol. The van der Waals surface area contributed by atoms with Gasteiger partial charge >= 0.3 is 0 Å². The molecule has 0 spiro atoms. The van der Waals surface area contributed by atoms with Crippen molar-refractivity contribution < 1.29 is 0 Å². The summed E-state index contributed by atoms with van der Waals surface area (Å²) in [4.78, 5) is 2.48. The van der Waals surface area contributed by atoms with E-state index in [0.29, 0.717) is 0 Å². The molecule has 1 aliphatic heterocycles. The Bertz CT molecular complexity index is 134. The van der Waals surface area contributed by atoms with Crippen LogP contribution in [0.25, 0.3) is 0 Å². The molecule has 2 N–H and O–H groups in total. The van der Waals surface area contributed by atoms with Gasteiger partial charge in [0.15, 0.2) is 0 Å². The molecule has 2 atom stereocenters. The number of nitrogens with zero attached hydrogens (tertiary/aromatic N) is 1. The van der Waals surface area contributed by atoms with E-state index in [-0.39, 0.29) is 0 Å². The lowest BCUT2D eigenvalue weighted by Gasteiger charge is -2.39. The maximum atomic E-state index is 5.69. The Morgan fingerprint density at radius 1 is 1.50 bits per heavy atom. The zero-order chi connectivity index (χ0) is 9.14. The molecule has 12 heavy (non-hydrogen) atoms. The van der Waals surface area contributed by atoms with Crippen molar-refractivity contribution >= 4 is 0 Å². The zero-order valence-corrected chi connectivity index (χ0v) is 8.59. The Hall–Kier alpha value is -0.0800. The molecule has 2 heteroatoms. The second-order valence-corrected chi connectivity index (χ2v) is 4.42. The third kappa shape index (κ3) is 2.20. The van der Waals surface area contributed by atoms with Crippen LogP contribution in [0.15, 0.2) is 0 Å². The molecule has 0 aromatic carbocycles. The topological polar surface area (TPSA) is 29.3 Å². The molecule has 2 unspecified atom stereocenters. The van der Waals surface area contributed by atoms with E-state index >= 15 is 0 Å². The highest BCUT2D eigenvalue weighted by Crippen LogP contribution is 2.25. The summed E-state index contributed by atoms with van der Waals surface area (Å²) < 4.78 is 0. The SMILES string of the molecule is CC(C)C1CC(CN)CCN1C. The van der Waals surface area contributed by atoms with Crippen molar-refractivity contribution in [2.45, 2.75) is 32.7 Å². The van der Waals surface area contributed by atoms with Gasteiger partial charge in [0.05, 0.1) is 0 Å². The molecule has 0 aliphatic carbocycles. The van der Waals surface area contributed by atoms with E-state index in [2.05, 4.69) is 25.8 Å². The van der Waals surface area contributed by atoms with Gasteiger partial charge < -0.3 is 10.6 Å². The fourth-order valence-electron chi connectivity index (χ4n) is 2.19. The van der Waals surface area contributed by atoms with Gasteiger partial charge in [-0.2, -0.15) is 0 Å². The number of rotatable bonds is 2. The van der Waals surface area contributed by atoms with Crippen molar-refractivity contribution in [3.05, 3.63) is 0 Å². The number of nitrogens with two attached hydrogens (primary N) is 1. The van der Waals surface area contributed by atoms with Crippen molar-refractivity contribution in [2.75, 3.05) is 20.1 Å². The molecule has 1 rings (SSSR count). The van der Waals surface area contributed by atoms with Crippen LogP contribution in [0.2, 0.25) is 0 Å². The number of piperidine rings is 1. The first kappa shape index (κ1) is 10.0. The summed E-state index contributed by atoms with van der Waals surface area (Å²) in [7, 11) is 2.23. The maximum Gasteiger partial charge on any atom is 0.0118 e. The Kier molecular flexibility index (Phi) is 3.53. The van der Waals surface area contributed by atoms with Crippen molar-refractivity contribution in [2.24, 2.45) is 17.6 Å². The fourth-order valence-corrected chi connectivity index (χ4v) is 2.19. The molecule has 0 aromatic heterocycles. The van der Waals surface area contributed by atoms with Crippen LogP contribution in [0.5, 0.6) is 0 Å². The van der Waals surface area contributed by atoms with Crippen LogP contribution in [0, 0.1) is 11.8 Å². The standard InChI is InChI=1S/C10H22N2/c1-8(2)10-6-9(7-11)4-5-12(10)3/h8-10H,4-7,11H2,1-3H3. The summed E-state index contributed by atoms with van der Waals surface area (Å²) >= 11 is 0. The van der Waals surface area contributed by atoms with E-state index in [9.17, 15) is 0 Å². The van der Waals surface area contributed by atoms with E-state index < -0.39 is 0 Å². The van der Waals surface area contributed by atoms with Gasteiger partial charge in [-0.25, -0.2) is 0 Å². The van der Waals surface area contributed by atoms with Gasteiger partial charge in [-0.1, -0.05) is 13.8 Å². The van der Waals surface area contributed by atoms with Crippen molar-refractivity contribution in [1.82, 2.24) is 4.90 Å². The molecule has 1 heterocycles. The van der Waals surface area contributed by atoms with E-state index in [4.69, 9.17) is 5.73 Å². The van der Waals surface area contributed by atoms with Gasteiger partial charge in [0, 0.05) is 6.04 Å². The average Bonchev–Trinajstić information content (AvgIpc) is 2.05. The summed E-state index contributed by atoms with van der Waals surface area (Å²) in [5, 5.41) is 0. The minimum Gasteiger partial charge on any atom is -0.330 e. The first-order valence-electron chi connectivity index (χ1n) is 5.05. The van der Waals surface area contributed by atoms with Gasteiger partial charge in [0.2, 0.25) is 0 Å². The van der Waals surface area contributed by atoms with Crippen molar-refractivity contribution in [3.63, 3.8) is 0 Å². The first-order valence-corrected chi connectivity index (χ1v) is 5.05. The lowest BCUT2D eigenvalue weighted by Crippen LogP contribution is -2.44. The number of hydrogen-bond donors (Lipinski definition) is 1. The van der Waals surface area contributed by atoms with Crippen molar-refractivity contribution in [1.29, 1.82) is 0 Å². The molecule has 0 saturated carbocycles. The molecule has 1 aliphatic rings. The van der Waals surface area contributed by atoms with Crippen LogP contribution in [0.1, 0.15) is 26.7 Å². The highest BCUT2D eigenvalue weighted by molar-refractivity contribution is 4.81. The molecule has 72 valence electrons. The third-order valence-corrected chi connectivity index (χ3v) is 3.13. The number of hydrogen-bond acceptors (Lipinski definition) is 2. The summed E-state index contributed by atoms with van der Waals surface area (Å²) in [6.07, 6.45) is 2.58. The van der Waals surface area contributed by atoms with Gasteiger partial charge in [-0.15, -0.1) is 0 Å². The van der Waals surface area contributed by atoms with E-state index in [1.165, 1.54) is 19.4 Å². The predicted molar refractivity (Wildman–Crippen MR) is 53.0 cm³/mol. The van der Waals surface area contributed by atoms with Crippen LogP contribution in [0.3, 0.4) is 0 Å². The highest BCUT2D eigenvalue weighted by atomic mass is 15.1. The Morgan fingerprint density at radius 3 is 2.67 bits per heavy atom. The Balaban J connectivity index is 2.47. The lowest BCUT2D eigenvalue weighted by atomic mass is 9.86. The predicted octanol–water partition coefficient (Wildman–Crippen LogP) is 1.31. The van der Waals surface area contributed by atoms with E-state index in [1.807, 2.05) is 0 Å². The molecule has 1 saturated heterocycles. The smallest absolute Gasteiger partial charge is 0.0118 e. The minimum atomic E-state index is 0.757. The van der Waals surface area contributed by atoms with Crippen LogP contribution >= 0.6 is 0 Å². The van der Waals surface area contributed by atoms with Crippen LogP contribution < -0.4 is 5.73 Å². The molecule has 0 radical (unpaired) electrons. The first-order chi connectivity index (χ1) is 5.65. The summed E-state index contributed by atoms with van der Waals surface area (Å²) in [6.45, 7) is 6.71. The summed E-state index contributed by atoms with van der Waals surface area (Å²) in [6, 6.07) is 0.757. The van der Waals surface area contributed by atoms with Gasteiger partial charge in [-0.05, 0) is 44.8 Å². The quantitative estimate of drug-likeness (QED) is 0.677. The Labute approximate surface area is 76.1 Å². The molecule has 1 fully saturated rings. The third-order valence-electron chi connectivity index (χ3n) is 3.13. The molecule has 0 bridgehead atoms. The highest BCUT2D eigenvalue weighted by Gasteiger charge is 2.26. The van der Waals surface area contributed by atoms with Crippen LogP contribution in [0.4, 0.5) is 0 Å². The number of likely N-dealkylation sites (tertiary alicyclic amines) is 1. The lowest BCUT2D eigenvalue weighted by molar-refractivity contribution is 0.109. The van der Waals surface area contributed by atoms with Crippen LogP contribution in [-0.2, 0) is 0 Å². The van der Waals surface area contributed by atoms with Gasteiger partial charge in [-0.3, -0.25) is 0 Å². The zero-order valence-electron chi connectivity index (χ0n) is 8.59. The van der Waals surface area contributed by atoms with E-state index in [0.717, 1.165) is 24.4 Å². The normalized spacial score (nSPS) is 32.8. The largest absolute Gasteiger partial charge is 0.330 e. The molecule has 0 amide bonds. The summed E-state index contributed by atoms with van der Waals surface area (Å²) in [5.74, 6) is 1.54. The second-order valence-electron chi connectivity index (χ2n) is 4.42. The molecule has 0 aromatic rings. The van der Waals surface area contributed by atoms with Gasteiger partial charge in [0.25, 0.3) is 0 Å². The van der Waals surface area contributed by atoms with E-state index in [1.54, 1.807) is 0 Å². The minimum absolute atomic E-state index is 0.757. The van der Waals surface area contributed by atoms with Crippen LogP contribution in [-0.4, -0.2) is 31.1 Å². The molecule has 2 nitrogen and oxygen atoms in total. The average molecular weight is 170 g/mol. The molecular formula is C10H22N2. The summed E-state index contributed by atoms with van der Waals surface area (Å²) in [5.41, 5.74) is 5.69. The van der Waals surface area contributed by atoms with Gasteiger partial charge in [0.1, 0.15) is 0 Å².